The van der Waals surface area contributed by atoms with Crippen molar-refractivity contribution in [3.63, 3.8) is 0 Å². The van der Waals surface area contributed by atoms with Crippen LogP contribution in [-0.4, -0.2) is 36.4 Å². The third kappa shape index (κ3) is 3.89. The van der Waals surface area contributed by atoms with E-state index in [1.165, 1.54) is 7.11 Å². The summed E-state index contributed by atoms with van der Waals surface area (Å²) in [6.45, 7) is 1.89. The van der Waals surface area contributed by atoms with Crippen LogP contribution in [0.5, 0.6) is 0 Å². The Balaban J connectivity index is 2.77. The highest BCUT2D eigenvalue weighted by molar-refractivity contribution is 6.23. The number of Topliss-reactive ketones (excluding diaryl/α,β-unsaturated/α-hetero) is 2. The lowest BCUT2D eigenvalue weighted by molar-refractivity contribution is -0.135. The van der Waals surface area contributed by atoms with Crippen LogP contribution in [0.2, 0.25) is 0 Å². The maximum absolute atomic E-state index is 11.9. The van der Waals surface area contributed by atoms with Crippen LogP contribution in [0.4, 0.5) is 0 Å². The molecule has 0 saturated heterocycles. The first kappa shape index (κ1) is 15.4. The van der Waals surface area contributed by atoms with Crippen molar-refractivity contribution in [3.05, 3.63) is 11.3 Å². The van der Waals surface area contributed by atoms with Gasteiger partial charge < -0.3 is 15.2 Å². The summed E-state index contributed by atoms with van der Waals surface area (Å²) in [6.07, 6.45) is 0.843. The topological polar surface area (TPSA) is 92.7 Å². The monoisotopic (exact) mass is 269 g/mol. The third-order valence-corrected chi connectivity index (χ3v) is 2.96. The van der Waals surface area contributed by atoms with Gasteiger partial charge in [-0.1, -0.05) is 6.92 Å². The molecule has 0 aliphatic heterocycles. The average molecular weight is 269 g/mol. The zero-order valence-corrected chi connectivity index (χ0v) is 11.2. The van der Waals surface area contributed by atoms with Gasteiger partial charge in [-0.25, -0.2) is 0 Å². The number of carbonyl (C=O) groups excluding carboxylic acids is 3. The molecular weight excluding hydrogens is 250 g/mol. The second kappa shape index (κ2) is 7.04. The summed E-state index contributed by atoms with van der Waals surface area (Å²) in [4.78, 5) is 35.4. The molecule has 106 valence electrons. The lowest BCUT2D eigenvalue weighted by atomic mass is 9.82. The number of ether oxygens (including phenoxy) is 1. The molecule has 0 radical (unpaired) electrons. The Bertz CT molecular complexity index is 393. The highest BCUT2D eigenvalue weighted by atomic mass is 16.5. The maximum atomic E-state index is 11.9. The van der Waals surface area contributed by atoms with Gasteiger partial charge in [0.25, 0.3) is 0 Å². The fraction of sp³-hybridized carbons (Fsp3) is 0.615. The third-order valence-electron chi connectivity index (χ3n) is 2.96. The minimum Gasteiger partial charge on any atom is -0.511 e. The molecule has 1 saturated carbocycles. The number of methoxy groups -OCH3 is 1. The summed E-state index contributed by atoms with van der Waals surface area (Å²) in [5, 5.41) is 12.2. The number of aliphatic hydroxyl groups excluding tert-OH is 1. The van der Waals surface area contributed by atoms with Crippen molar-refractivity contribution in [2.24, 2.45) is 5.92 Å². The Kier molecular flexibility index (Phi) is 5.69. The minimum atomic E-state index is -0.673. The number of ketones is 2. The molecule has 1 fully saturated rings. The Morgan fingerprint density at radius 1 is 1.37 bits per heavy atom. The van der Waals surface area contributed by atoms with Crippen molar-refractivity contribution in [1.82, 2.24) is 5.32 Å². The molecule has 0 aromatic rings. The smallest absolute Gasteiger partial charge is 0.225 e. The first-order valence-electron chi connectivity index (χ1n) is 6.26. The van der Waals surface area contributed by atoms with Crippen molar-refractivity contribution in [2.75, 3.05) is 13.8 Å². The molecule has 0 aromatic carbocycles. The van der Waals surface area contributed by atoms with Gasteiger partial charge in [-0.15, -0.1) is 0 Å². The van der Waals surface area contributed by atoms with Gasteiger partial charge in [0.1, 0.15) is 12.5 Å². The van der Waals surface area contributed by atoms with Gasteiger partial charge in [0, 0.05) is 26.4 Å². The van der Waals surface area contributed by atoms with Gasteiger partial charge in [-0.05, 0) is 6.42 Å². The molecule has 0 atom stereocenters. The standard InChI is InChI=1S/C13H19NO5/c1-3-4-9(15)12-10(16)5-8(6-11(12)17)13(18)14-7-19-2/h8,15H,3-7H2,1-2H3,(H,14,18). The molecule has 19 heavy (non-hydrogen) atoms. The summed E-state index contributed by atoms with van der Waals surface area (Å²) in [5.74, 6) is -2.13. The molecule has 0 aromatic heterocycles. The first-order valence-corrected chi connectivity index (χ1v) is 6.26. The normalized spacial score (nSPS) is 19.5. The average Bonchev–Trinajstić information content (AvgIpc) is 2.35. The first-order chi connectivity index (χ1) is 9.01. The fourth-order valence-electron chi connectivity index (χ4n) is 2.04. The van der Waals surface area contributed by atoms with Crippen LogP contribution in [0, 0.1) is 5.92 Å². The second-order valence-corrected chi connectivity index (χ2v) is 4.50. The van der Waals surface area contributed by atoms with Crippen LogP contribution in [0.3, 0.4) is 0 Å². The lowest BCUT2D eigenvalue weighted by Gasteiger charge is -2.21. The fourth-order valence-corrected chi connectivity index (χ4v) is 2.04. The molecule has 0 heterocycles. The number of nitrogens with one attached hydrogen (secondary N) is 1. The van der Waals surface area contributed by atoms with E-state index < -0.39 is 17.5 Å². The van der Waals surface area contributed by atoms with Crippen LogP contribution in [-0.2, 0) is 19.1 Å². The minimum absolute atomic E-state index is 0.0432. The molecule has 0 bridgehead atoms. The molecule has 0 spiro atoms. The van der Waals surface area contributed by atoms with Crippen LogP contribution in [0.1, 0.15) is 32.6 Å². The molecule has 6 heteroatoms. The predicted molar refractivity (Wildman–Crippen MR) is 67.3 cm³/mol. The van der Waals surface area contributed by atoms with Crippen molar-refractivity contribution in [3.8, 4) is 0 Å². The number of carbonyl (C=O) groups is 3. The molecule has 1 amide bonds. The van der Waals surface area contributed by atoms with Crippen LogP contribution in [0.15, 0.2) is 11.3 Å². The summed E-state index contributed by atoms with van der Waals surface area (Å²) in [7, 11) is 1.43. The molecule has 1 aliphatic carbocycles. The van der Waals surface area contributed by atoms with Crippen molar-refractivity contribution in [2.45, 2.75) is 32.6 Å². The number of rotatable bonds is 5. The molecule has 0 unspecified atom stereocenters. The summed E-state index contributed by atoms with van der Waals surface area (Å²) < 4.78 is 4.70. The SMILES string of the molecule is CCCC(O)=C1C(=O)CC(C(=O)NCOC)CC1=O. The molecule has 1 aliphatic rings. The quantitative estimate of drug-likeness (QED) is 0.334. The number of hydrogen-bond donors (Lipinski definition) is 2. The lowest BCUT2D eigenvalue weighted by Crippen LogP contribution is -2.38. The Morgan fingerprint density at radius 3 is 2.42 bits per heavy atom. The molecule has 1 rings (SSSR count). The van der Waals surface area contributed by atoms with E-state index in [4.69, 9.17) is 4.74 Å². The highest BCUT2D eigenvalue weighted by Gasteiger charge is 2.36. The van der Waals surface area contributed by atoms with Gasteiger partial charge in [-0.3, -0.25) is 14.4 Å². The Hall–Kier alpha value is -1.69. The van der Waals surface area contributed by atoms with Gasteiger partial charge in [-0.2, -0.15) is 0 Å². The van der Waals surface area contributed by atoms with E-state index in [1.54, 1.807) is 0 Å². The van der Waals surface area contributed by atoms with E-state index >= 15 is 0 Å². The zero-order chi connectivity index (χ0) is 14.4. The van der Waals surface area contributed by atoms with E-state index in [1.807, 2.05) is 6.92 Å². The van der Waals surface area contributed by atoms with Gasteiger partial charge in [0.2, 0.25) is 5.91 Å². The predicted octanol–water partition coefficient (Wildman–Crippen LogP) is 0.867. The van der Waals surface area contributed by atoms with Gasteiger partial charge in [0.15, 0.2) is 11.6 Å². The number of aliphatic hydroxyl groups is 1. The van der Waals surface area contributed by atoms with Gasteiger partial charge >= 0.3 is 0 Å². The number of allylic oxidation sites excluding steroid dienone is 2. The highest BCUT2D eigenvalue weighted by Crippen LogP contribution is 2.25. The zero-order valence-electron chi connectivity index (χ0n) is 11.2. The molecule has 6 nitrogen and oxygen atoms in total. The molecule has 2 N–H and O–H groups in total. The van der Waals surface area contributed by atoms with Gasteiger partial charge in [0.05, 0.1) is 11.5 Å². The van der Waals surface area contributed by atoms with E-state index in [0.29, 0.717) is 12.8 Å². The number of amides is 1. The largest absolute Gasteiger partial charge is 0.511 e. The summed E-state index contributed by atoms with van der Waals surface area (Å²) in [6, 6.07) is 0. The Labute approximate surface area is 111 Å². The van der Waals surface area contributed by atoms with Crippen molar-refractivity contribution < 1.29 is 24.2 Å². The summed E-state index contributed by atoms with van der Waals surface area (Å²) >= 11 is 0. The van der Waals surface area contributed by atoms with Crippen molar-refractivity contribution >= 4 is 17.5 Å². The summed E-state index contributed by atoms with van der Waals surface area (Å²) in [5.41, 5.74) is -0.127. The van der Waals surface area contributed by atoms with E-state index in [-0.39, 0.29) is 36.8 Å². The number of hydrogen-bond acceptors (Lipinski definition) is 5. The van der Waals surface area contributed by atoms with E-state index in [0.717, 1.165) is 0 Å². The maximum Gasteiger partial charge on any atom is 0.225 e. The van der Waals surface area contributed by atoms with E-state index in [9.17, 15) is 19.5 Å². The Morgan fingerprint density at radius 2 is 1.95 bits per heavy atom. The van der Waals surface area contributed by atoms with Crippen molar-refractivity contribution in [1.29, 1.82) is 0 Å². The molecular formula is C13H19NO5. The van der Waals surface area contributed by atoms with E-state index in [2.05, 4.69) is 5.32 Å². The second-order valence-electron chi connectivity index (χ2n) is 4.50. The van der Waals surface area contributed by atoms with Crippen LogP contribution in [0.25, 0.3) is 0 Å². The van der Waals surface area contributed by atoms with Crippen LogP contribution < -0.4 is 5.32 Å². The van der Waals surface area contributed by atoms with Crippen LogP contribution >= 0.6 is 0 Å².